The van der Waals surface area contributed by atoms with Gasteiger partial charge in [-0.1, -0.05) is 89.8 Å². The van der Waals surface area contributed by atoms with Crippen LogP contribution in [0.15, 0.2) is 169 Å². The Labute approximate surface area is 292 Å². The zero-order valence-electron chi connectivity index (χ0n) is 25.7. The van der Waals surface area contributed by atoms with E-state index in [1.165, 1.54) is 0 Å². The summed E-state index contributed by atoms with van der Waals surface area (Å²) in [6.45, 7) is 0. The summed E-state index contributed by atoms with van der Waals surface area (Å²) < 4.78 is 6.74. The number of benzene rings is 5. The van der Waals surface area contributed by atoms with Crippen LogP contribution >= 0.6 is 0 Å². The zero-order valence-corrected chi connectivity index (χ0v) is 28.1. The Kier molecular flexibility index (Phi) is 8.97. The van der Waals surface area contributed by atoms with Gasteiger partial charge in [0.2, 0.25) is 0 Å². The molecule has 0 bridgehead atoms. The molecule has 9 rings (SSSR count). The maximum Gasteiger partial charge on any atom is 0.129 e. The Morgan fingerprint density at radius 2 is 1.27 bits per heavy atom. The van der Waals surface area contributed by atoms with E-state index in [9.17, 15) is 0 Å². The molecule has 0 aliphatic heterocycles. The largest absolute Gasteiger partial charge is 0.500 e. The Hall–Kier alpha value is -5.74. The Bertz CT molecular complexity index is 2400. The molecule has 0 saturated heterocycles. The molecule has 5 heteroatoms. The van der Waals surface area contributed by atoms with E-state index in [2.05, 4.69) is 87.7 Å². The molecule has 0 atom stereocenters. The zero-order chi connectivity index (χ0) is 31.4. The first-order chi connectivity index (χ1) is 23.3. The van der Waals surface area contributed by atoms with Crippen LogP contribution in [0, 0.1) is 12.1 Å². The minimum absolute atomic E-state index is 0. The van der Waals surface area contributed by atoms with Crippen molar-refractivity contribution in [2.24, 2.45) is 0 Å². The van der Waals surface area contributed by atoms with Crippen molar-refractivity contribution < 1.29 is 24.5 Å². The Morgan fingerprint density at radius 1 is 0.500 bits per heavy atom. The quantitative estimate of drug-likeness (QED) is 0.167. The normalized spacial score (nSPS) is 10.8. The van der Waals surface area contributed by atoms with Crippen molar-refractivity contribution in [2.75, 3.05) is 0 Å². The fourth-order valence-corrected chi connectivity index (χ4v) is 6.04. The van der Waals surface area contributed by atoms with Gasteiger partial charge in [0.1, 0.15) is 5.58 Å². The second-order valence-electron chi connectivity index (χ2n) is 11.0. The van der Waals surface area contributed by atoms with Gasteiger partial charge in [-0.05, 0) is 57.7 Å². The number of furan rings is 1. The molecule has 0 spiro atoms. The molecular formula is C43H27IrN3O-2. The van der Waals surface area contributed by atoms with E-state index in [4.69, 9.17) is 4.42 Å². The molecule has 0 N–H and O–H groups in total. The van der Waals surface area contributed by atoms with Crippen LogP contribution in [-0.2, 0) is 20.1 Å². The van der Waals surface area contributed by atoms with Crippen molar-refractivity contribution in [3.8, 4) is 44.8 Å². The fourth-order valence-electron chi connectivity index (χ4n) is 6.04. The number of hydrogen-bond acceptors (Lipinski definition) is 4. The van der Waals surface area contributed by atoms with Gasteiger partial charge in [0.25, 0.3) is 0 Å². The molecule has 0 fully saturated rings. The maximum absolute atomic E-state index is 6.74. The number of nitrogens with zero attached hydrogens (tertiary/aromatic N) is 3. The molecule has 5 aromatic carbocycles. The average molecular weight is 794 g/mol. The molecule has 0 aliphatic carbocycles. The summed E-state index contributed by atoms with van der Waals surface area (Å²) in [4.78, 5) is 13.2. The van der Waals surface area contributed by atoms with E-state index in [-0.39, 0.29) is 20.1 Å². The van der Waals surface area contributed by atoms with Gasteiger partial charge >= 0.3 is 0 Å². The Morgan fingerprint density at radius 3 is 2.04 bits per heavy atom. The summed E-state index contributed by atoms with van der Waals surface area (Å²) in [5.41, 5.74) is 9.80. The van der Waals surface area contributed by atoms with Crippen LogP contribution in [0.25, 0.3) is 77.5 Å². The third-order valence-electron chi connectivity index (χ3n) is 8.21. The monoisotopic (exact) mass is 794 g/mol. The van der Waals surface area contributed by atoms with Crippen LogP contribution in [-0.4, -0.2) is 15.0 Å². The average Bonchev–Trinajstić information content (AvgIpc) is 3.56. The van der Waals surface area contributed by atoms with Gasteiger partial charge in [-0.15, -0.1) is 54.1 Å². The van der Waals surface area contributed by atoms with Gasteiger partial charge in [-0.3, -0.25) is 4.98 Å². The molecule has 4 aromatic heterocycles. The van der Waals surface area contributed by atoms with Gasteiger partial charge in [0.05, 0.1) is 5.58 Å². The maximum atomic E-state index is 6.74. The smallest absolute Gasteiger partial charge is 0.129 e. The van der Waals surface area contributed by atoms with Crippen LogP contribution in [0.5, 0.6) is 0 Å². The first-order valence-corrected chi connectivity index (χ1v) is 15.4. The summed E-state index contributed by atoms with van der Waals surface area (Å²) in [6, 6.07) is 53.4. The number of hydrogen-bond donors (Lipinski definition) is 0. The van der Waals surface area contributed by atoms with Gasteiger partial charge in [0.15, 0.2) is 0 Å². The fraction of sp³-hybridized carbons (Fsp3) is 0. The molecule has 4 nitrogen and oxygen atoms in total. The summed E-state index contributed by atoms with van der Waals surface area (Å²) in [6.07, 6.45) is 7.35. The standard InChI is InChI=1S/C32H19N2O.C11H8N.Ir/c1-2-8-21(9-3-1)23-15-16-25(24-11-6-10-22-17-19-33-20-28(22)24)32-30(23)27-13-7-12-26(31(27)35-32)29-14-4-5-18-34-29;1-2-6-10(7-3-1)11-8-4-5-9-12-11;/h1-11,13-20H;1-6,8-9H;/q2*-1;. The minimum atomic E-state index is 0. The molecule has 48 heavy (non-hydrogen) atoms. The molecular weight excluding hydrogens is 767 g/mol. The van der Waals surface area contributed by atoms with Crippen molar-refractivity contribution in [1.82, 2.24) is 15.0 Å². The Balaban J connectivity index is 0.000000237. The van der Waals surface area contributed by atoms with Crippen molar-refractivity contribution >= 4 is 32.7 Å². The third kappa shape index (κ3) is 5.93. The molecule has 4 heterocycles. The van der Waals surface area contributed by atoms with Crippen LogP contribution < -0.4 is 0 Å². The molecule has 9 aromatic rings. The van der Waals surface area contributed by atoms with Gasteiger partial charge in [-0.2, -0.15) is 0 Å². The van der Waals surface area contributed by atoms with E-state index in [1.54, 1.807) is 12.4 Å². The van der Waals surface area contributed by atoms with Crippen molar-refractivity contribution in [3.63, 3.8) is 0 Å². The minimum Gasteiger partial charge on any atom is -0.500 e. The van der Waals surface area contributed by atoms with Crippen molar-refractivity contribution in [2.45, 2.75) is 0 Å². The first-order valence-electron chi connectivity index (χ1n) is 15.4. The summed E-state index contributed by atoms with van der Waals surface area (Å²) in [7, 11) is 0. The van der Waals surface area contributed by atoms with Gasteiger partial charge in [0, 0.05) is 61.2 Å². The van der Waals surface area contributed by atoms with E-state index < -0.39 is 0 Å². The number of fused-ring (bicyclic) bond motifs is 4. The molecule has 0 amide bonds. The van der Waals surface area contributed by atoms with E-state index >= 15 is 0 Å². The van der Waals surface area contributed by atoms with E-state index in [0.29, 0.717) is 0 Å². The van der Waals surface area contributed by atoms with Crippen molar-refractivity contribution in [3.05, 3.63) is 176 Å². The van der Waals surface area contributed by atoms with Crippen LogP contribution in [0.3, 0.4) is 0 Å². The summed E-state index contributed by atoms with van der Waals surface area (Å²) in [5, 5.41) is 4.39. The molecule has 231 valence electrons. The molecule has 0 aliphatic rings. The van der Waals surface area contributed by atoms with Crippen LogP contribution in [0.4, 0.5) is 0 Å². The number of rotatable bonds is 4. The van der Waals surface area contributed by atoms with Gasteiger partial charge < -0.3 is 14.4 Å². The third-order valence-corrected chi connectivity index (χ3v) is 8.21. The van der Waals surface area contributed by atoms with Crippen LogP contribution in [0.1, 0.15) is 0 Å². The van der Waals surface area contributed by atoms with E-state index in [1.807, 2.05) is 91.3 Å². The van der Waals surface area contributed by atoms with Crippen LogP contribution in [0.2, 0.25) is 0 Å². The number of aromatic nitrogens is 3. The topological polar surface area (TPSA) is 51.8 Å². The summed E-state index contributed by atoms with van der Waals surface area (Å²) >= 11 is 0. The second-order valence-corrected chi connectivity index (χ2v) is 11.0. The predicted molar refractivity (Wildman–Crippen MR) is 190 cm³/mol. The van der Waals surface area contributed by atoms with Crippen molar-refractivity contribution in [1.29, 1.82) is 0 Å². The molecule has 0 unspecified atom stereocenters. The summed E-state index contributed by atoms with van der Waals surface area (Å²) in [5.74, 6) is 0. The first kappa shape index (κ1) is 30.9. The second kappa shape index (κ2) is 13.9. The number of pyridine rings is 3. The molecule has 1 radical (unpaired) electrons. The molecule has 0 saturated carbocycles. The predicted octanol–water partition coefficient (Wildman–Crippen LogP) is 10.9. The SMILES string of the molecule is [Ir].[c-]1ccc2c(oc3c(-c4cccc5ccncc45)ccc(-c4ccccc4)c32)c1-c1ccccn1.[c-]1ccccc1-c1ccccn1. The van der Waals surface area contributed by atoms with E-state index in [0.717, 1.165) is 77.5 Å². The van der Waals surface area contributed by atoms with Gasteiger partial charge in [-0.25, -0.2) is 0 Å².